The van der Waals surface area contributed by atoms with Crippen LogP contribution in [0.2, 0.25) is 0 Å². The number of hydrogen-bond donors (Lipinski definition) is 1. The monoisotopic (exact) mass is 496 g/mol. The standard InChI is InChI=1S/C25H25BrN2O2S/c1-2-3-14-29-22-12-13-24-23(15-22)25(28-31-24)27-16-18-6-10-21(11-7-18)30-17-19-4-8-20(26)9-5-19/h4-13,15H,2-3,14,16-17H2,1H3,(H,27,28). The zero-order valence-corrected chi connectivity index (χ0v) is 19.8. The number of halogens is 1. The molecule has 0 saturated heterocycles. The van der Waals surface area contributed by atoms with Gasteiger partial charge in [0, 0.05) is 16.4 Å². The molecular weight excluding hydrogens is 472 g/mol. The Labute approximate surface area is 195 Å². The van der Waals surface area contributed by atoms with Crippen LogP contribution in [0.15, 0.2) is 71.2 Å². The maximum absolute atomic E-state index is 5.89. The van der Waals surface area contributed by atoms with Gasteiger partial charge in [0.25, 0.3) is 0 Å². The van der Waals surface area contributed by atoms with E-state index in [-0.39, 0.29) is 0 Å². The molecule has 0 fully saturated rings. The first-order valence-corrected chi connectivity index (χ1v) is 12.0. The number of nitrogens with one attached hydrogen (secondary N) is 1. The quantitative estimate of drug-likeness (QED) is 0.232. The molecule has 4 rings (SSSR count). The summed E-state index contributed by atoms with van der Waals surface area (Å²) in [6.45, 7) is 4.17. The van der Waals surface area contributed by atoms with E-state index < -0.39 is 0 Å². The first kappa shape index (κ1) is 21.7. The maximum Gasteiger partial charge on any atom is 0.147 e. The number of ether oxygens (including phenoxy) is 2. The van der Waals surface area contributed by atoms with Gasteiger partial charge in [0.15, 0.2) is 0 Å². The lowest BCUT2D eigenvalue weighted by atomic mass is 10.2. The minimum atomic E-state index is 0.554. The van der Waals surface area contributed by atoms with Crippen molar-refractivity contribution in [1.29, 1.82) is 0 Å². The lowest BCUT2D eigenvalue weighted by Crippen LogP contribution is -2.00. The van der Waals surface area contributed by atoms with Gasteiger partial charge in [-0.25, -0.2) is 0 Å². The molecule has 0 unspecified atom stereocenters. The number of fused-ring (bicyclic) bond motifs is 1. The molecule has 0 aliphatic rings. The molecule has 0 atom stereocenters. The Morgan fingerprint density at radius 2 is 1.65 bits per heavy atom. The summed E-state index contributed by atoms with van der Waals surface area (Å²) in [4.78, 5) is 0. The van der Waals surface area contributed by atoms with Crippen molar-refractivity contribution in [1.82, 2.24) is 4.37 Å². The highest BCUT2D eigenvalue weighted by molar-refractivity contribution is 9.10. The average molecular weight is 497 g/mol. The van der Waals surface area contributed by atoms with Crippen molar-refractivity contribution in [3.63, 3.8) is 0 Å². The average Bonchev–Trinajstić information content (AvgIpc) is 3.20. The van der Waals surface area contributed by atoms with E-state index in [0.29, 0.717) is 13.2 Å². The second kappa shape index (κ2) is 10.6. The van der Waals surface area contributed by atoms with Crippen LogP contribution in [0, 0.1) is 0 Å². The van der Waals surface area contributed by atoms with Crippen LogP contribution in [-0.2, 0) is 13.2 Å². The van der Waals surface area contributed by atoms with Crippen molar-refractivity contribution in [2.24, 2.45) is 0 Å². The number of aromatic nitrogens is 1. The molecule has 1 aromatic heterocycles. The lowest BCUT2D eigenvalue weighted by molar-refractivity contribution is 0.306. The Morgan fingerprint density at radius 1 is 0.903 bits per heavy atom. The third-order valence-electron chi connectivity index (χ3n) is 4.91. The highest BCUT2D eigenvalue weighted by Crippen LogP contribution is 2.30. The maximum atomic E-state index is 5.89. The SMILES string of the molecule is CCCCOc1ccc2snc(NCc3ccc(OCc4ccc(Br)cc4)cc3)c2c1. The van der Waals surface area contributed by atoms with Crippen LogP contribution in [0.25, 0.3) is 10.1 Å². The number of anilines is 1. The molecular formula is C25H25BrN2O2S. The van der Waals surface area contributed by atoms with Crippen LogP contribution in [0.5, 0.6) is 11.5 Å². The van der Waals surface area contributed by atoms with Crippen LogP contribution in [0.1, 0.15) is 30.9 Å². The summed E-state index contributed by atoms with van der Waals surface area (Å²) in [5, 5.41) is 4.56. The molecule has 0 amide bonds. The molecule has 31 heavy (non-hydrogen) atoms. The largest absolute Gasteiger partial charge is 0.494 e. The summed E-state index contributed by atoms with van der Waals surface area (Å²) < 4.78 is 18.5. The number of rotatable bonds is 10. The van der Waals surface area contributed by atoms with Crippen molar-refractivity contribution in [3.05, 3.63) is 82.3 Å². The van der Waals surface area contributed by atoms with E-state index in [0.717, 1.165) is 56.9 Å². The predicted octanol–water partition coefficient (Wildman–Crippen LogP) is 7.43. The third-order valence-corrected chi connectivity index (χ3v) is 6.27. The zero-order chi connectivity index (χ0) is 21.5. The number of nitrogens with zero attached hydrogens (tertiary/aromatic N) is 1. The summed E-state index contributed by atoms with van der Waals surface area (Å²) in [5.74, 6) is 2.66. The fourth-order valence-corrected chi connectivity index (χ4v) is 4.11. The lowest BCUT2D eigenvalue weighted by Gasteiger charge is -2.09. The van der Waals surface area contributed by atoms with E-state index in [1.165, 1.54) is 17.1 Å². The Hall–Kier alpha value is -2.57. The molecule has 1 N–H and O–H groups in total. The minimum absolute atomic E-state index is 0.554. The molecule has 0 aliphatic carbocycles. The minimum Gasteiger partial charge on any atom is -0.494 e. The Bertz CT molecular complexity index is 1110. The van der Waals surface area contributed by atoms with Crippen molar-refractivity contribution in [2.75, 3.05) is 11.9 Å². The number of unbranched alkanes of at least 4 members (excludes halogenated alkanes) is 1. The second-order valence-corrected chi connectivity index (χ2v) is 9.02. The molecule has 4 nitrogen and oxygen atoms in total. The summed E-state index contributed by atoms with van der Waals surface area (Å²) in [6.07, 6.45) is 2.19. The summed E-state index contributed by atoms with van der Waals surface area (Å²) in [6, 6.07) is 22.5. The Balaban J connectivity index is 1.33. The zero-order valence-electron chi connectivity index (χ0n) is 17.4. The molecule has 1 heterocycles. The molecule has 6 heteroatoms. The summed E-state index contributed by atoms with van der Waals surface area (Å²) in [5.41, 5.74) is 2.31. The third kappa shape index (κ3) is 5.99. The van der Waals surface area contributed by atoms with Gasteiger partial charge in [-0.1, -0.05) is 53.5 Å². The fourth-order valence-electron chi connectivity index (χ4n) is 3.11. The van der Waals surface area contributed by atoms with Gasteiger partial charge in [0.05, 0.1) is 11.3 Å². The fraction of sp³-hybridized carbons (Fsp3) is 0.240. The number of hydrogen-bond acceptors (Lipinski definition) is 5. The molecule has 0 bridgehead atoms. The van der Waals surface area contributed by atoms with E-state index in [1.54, 1.807) is 0 Å². The smallest absolute Gasteiger partial charge is 0.147 e. The van der Waals surface area contributed by atoms with Crippen molar-refractivity contribution >= 4 is 43.4 Å². The topological polar surface area (TPSA) is 43.4 Å². The molecule has 4 aromatic rings. The van der Waals surface area contributed by atoms with Crippen molar-refractivity contribution in [3.8, 4) is 11.5 Å². The van der Waals surface area contributed by atoms with Gasteiger partial charge in [-0.05, 0) is 71.5 Å². The van der Waals surface area contributed by atoms with Crippen LogP contribution in [0.3, 0.4) is 0 Å². The van der Waals surface area contributed by atoms with Gasteiger partial charge in [0.2, 0.25) is 0 Å². The number of benzene rings is 3. The van der Waals surface area contributed by atoms with Gasteiger partial charge >= 0.3 is 0 Å². The second-order valence-electron chi connectivity index (χ2n) is 7.30. The van der Waals surface area contributed by atoms with Crippen LogP contribution < -0.4 is 14.8 Å². The van der Waals surface area contributed by atoms with Gasteiger partial charge in [0.1, 0.15) is 23.9 Å². The van der Waals surface area contributed by atoms with Crippen molar-refractivity contribution in [2.45, 2.75) is 32.9 Å². The summed E-state index contributed by atoms with van der Waals surface area (Å²) in [7, 11) is 0. The molecule has 0 aliphatic heterocycles. The van der Waals surface area contributed by atoms with Gasteiger partial charge in [-0.15, -0.1) is 0 Å². The van der Waals surface area contributed by atoms with E-state index in [1.807, 2.05) is 30.3 Å². The van der Waals surface area contributed by atoms with Gasteiger partial charge in [-0.3, -0.25) is 0 Å². The molecule has 3 aromatic carbocycles. The van der Waals surface area contributed by atoms with E-state index >= 15 is 0 Å². The van der Waals surface area contributed by atoms with Crippen LogP contribution in [-0.4, -0.2) is 11.0 Å². The summed E-state index contributed by atoms with van der Waals surface area (Å²) >= 11 is 4.95. The van der Waals surface area contributed by atoms with E-state index in [9.17, 15) is 0 Å². The molecule has 0 radical (unpaired) electrons. The van der Waals surface area contributed by atoms with Crippen LogP contribution >= 0.6 is 27.5 Å². The highest BCUT2D eigenvalue weighted by Gasteiger charge is 2.08. The normalized spacial score (nSPS) is 10.9. The Kier molecular flexibility index (Phi) is 7.43. The van der Waals surface area contributed by atoms with E-state index in [4.69, 9.17) is 9.47 Å². The molecule has 0 spiro atoms. The van der Waals surface area contributed by atoms with Gasteiger partial charge in [-0.2, -0.15) is 4.37 Å². The van der Waals surface area contributed by atoms with Crippen LogP contribution in [0.4, 0.5) is 5.82 Å². The molecule has 160 valence electrons. The van der Waals surface area contributed by atoms with Gasteiger partial charge < -0.3 is 14.8 Å². The van der Waals surface area contributed by atoms with E-state index in [2.05, 4.69) is 68.9 Å². The predicted molar refractivity (Wildman–Crippen MR) is 132 cm³/mol. The Morgan fingerprint density at radius 3 is 2.42 bits per heavy atom. The first-order valence-electron chi connectivity index (χ1n) is 10.4. The van der Waals surface area contributed by atoms with Crippen molar-refractivity contribution < 1.29 is 9.47 Å². The molecule has 0 saturated carbocycles. The first-order chi connectivity index (χ1) is 15.2. The highest BCUT2D eigenvalue weighted by atomic mass is 79.9.